The van der Waals surface area contributed by atoms with Gasteiger partial charge in [0.05, 0.1) is 5.02 Å². The van der Waals surface area contributed by atoms with Crippen LogP contribution in [0.5, 0.6) is 6.01 Å². The van der Waals surface area contributed by atoms with E-state index in [0.717, 1.165) is 19.4 Å². The van der Waals surface area contributed by atoms with Crippen LogP contribution in [0.2, 0.25) is 5.02 Å². The molecule has 5 rings (SSSR count). The smallest absolute Gasteiger partial charge is 0.319 e. The Labute approximate surface area is 200 Å². The number of rotatable bonds is 7. The number of nitrogens with zero attached hydrogens (tertiary/aromatic N) is 4. The third-order valence-corrected chi connectivity index (χ3v) is 6.38. The molecule has 0 bridgehead atoms. The topological polar surface area (TPSA) is 128 Å². The first kappa shape index (κ1) is 22.6. The number of oxazole rings is 1. The molecule has 1 aliphatic rings. The highest BCUT2D eigenvalue weighted by Gasteiger charge is 2.24. The maximum absolute atomic E-state index is 16.1. The molecule has 0 amide bonds. The fourth-order valence-electron chi connectivity index (χ4n) is 4.34. The number of hydrogen-bond donors (Lipinski definition) is 3. The fourth-order valence-corrected chi connectivity index (χ4v) is 4.63. The van der Waals surface area contributed by atoms with Crippen molar-refractivity contribution in [2.45, 2.75) is 18.9 Å². The van der Waals surface area contributed by atoms with E-state index in [2.05, 4.69) is 32.2 Å². The number of hydrogen-bond acceptors (Lipinski definition) is 9. The number of benzene rings is 2. The van der Waals surface area contributed by atoms with Gasteiger partial charge in [-0.3, -0.25) is 0 Å². The van der Waals surface area contributed by atoms with Gasteiger partial charge in [-0.25, -0.2) is 4.39 Å². The minimum atomic E-state index is -0.613. The summed E-state index contributed by atoms with van der Waals surface area (Å²) in [7, 11) is 2.06. The van der Waals surface area contributed by atoms with Crippen molar-refractivity contribution in [2.75, 3.05) is 44.3 Å². The number of nitrogens with one attached hydrogen (secondary N) is 1. The molecule has 9 nitrogen and oxygen atoms in total. The molecule has 1 atom stereocenters. The van der Waals surface area contributed by atoms with E-state index in [4.69, 9.17) is 32.2 Å². The lowest BCUT2D eigenvalue weighted by Crippen LogP contribution is -2.31. The predicted molar refractivity (Wildman–Crippen MR) is 131 cm³/mol. The van der Waals surface area contributed by atoms with Gasteiger partial charge in [-0.1, -0.05) is 23.7 Å². The van der Waals surface area contributed by atoms with Crippen molar-refractivity contribution in [3.63, 3.8) is 0 Å². The molecule has 0 radical (unpaired) electrons. The maximum atomic E-state index is 16.1. The number of para-hydroxylation sites is 1. The van der Waals surface area contributed by atoms with Crippen molar-refractivity contribution in [1.29, 1.82) is 0 Å². The summed E-state index contributed by atoms with van der Waals surface area (Å²) < 4.78 is 27.4. The summed E-state index contributed by atoms with van der Waals surface area (Å²) in [5.74, 6) is -0.209. The van der Waals surface area contributed by atoms with Crippen LogP contribution in [0.4, 0.5) is 16.2 Å². The summed E-state index contributed by atoms with van der Waals surface area (Å²) in [6, 6.07) is 7.11. The van der Waals surface area contributed by atoms with E-state index in [-0.39, 0.29) is 34.2 Å². The predicted octanol–water partition coefficient (Wildman–Crippen LogP) is 3.66. The van der Waals surface area contributed by atoms with E-state index in [1.807, 2.05) is 0 Å². The van der Waals surface area contributed by atoms with E-state index in [1.165, 1.54) is 0 Å². The third kappa shape index (κ3) is 4.08. The lowest BCUT2D eigenvalue weighted by atomic mass is 10.0. The van der Waals surface area contributed by atoms with Gasteiger partial charge in [0, 0.05) is 35.6 Å². The summed E-state index contributed by atoms with van der Waals surface area (Å²) in [5, 5.41) is 3.73. The van der Waals surface area contributed by atoms with Crippen LogP contribution in [0.3, 0.4) is 0 Å². The number of fused-ring (bicyclic) bond motifs is 2. The van der Waals surface area contributed by atoms with E-state index in [1.54, 1.807) is 24.3 Å². The van der Waals surface area contributed by atoms with Gasteiger partial charge >= 0.3 is 6.01 Å². The zero-order valence-electron chi connectivity index (χ0n) is 18.6. The molecule has 1 aliphatic heterocycles. The van der Waals surface area contributed by atoms with Crippen LogP contribution in [0.15, 0.2) is 28.7 Å². The Kier molecular flexibility index (Phi) is 6.11. The lowest BCUT2D eigenvalue weighted by molar-refractivity contribution is 0.188. The number of aromatic nitrogens is 3. The van der Waals surface area contributed by atoms with Crippen LogP contribution < -0.4 is 21.5 Å². The number of halogens is 2. The molecular formula is C23H25ClFN7O2. The molecule has 0 aliphatic carbocycles. The molecule has 2 aromatic heterocycles. The first-order valence-corrected chi connectivity index (χ1v) is 11.5. The summed E-state index contributed by atoms with van der Waals surface area (Å²) in [6.07, 6.45) is 2.14. The minimum absolute atomic E-state index is 0.0112. The van der Waals surface area contributed by atoms with Gasteiger partial charge in [0.2, 0.25) is 0 Å². The second-order valence-corrected chi connectivity index (χ2v) is 8.71. The average molecular weight is 486 g/mol. The largest absolute Gasteiger partial charge is 0.462 e. The van der Waals surface area contributed by atoms with Crippen LogP contribution in [0.1, 0.15) is 12.8 Å². The SMILES string of the molecule is CN1CCC[C@H]1COc1nc(NCCN)c2cc(Cl)c(-c3cccc4oc(N)nc34)c(F)c2n1. The summed E-state index contributed by atoms with van der Waals surface area (Å²) in [4.78, 5) is 15.3. The van der Waals surface area contributed by atoms with Crippen molar-refractivity contribution < 1.29 is 13.5 Å². The van der Waals surface area contributed by atoms with Crippen molar-refractivity contribution in [1.82, 2.24) is 19.9 Å². The van der Waals surface area contributed by atoms with Crippen molar-refractivity contribution in [2.24, 2.45) is 5.73 Å². The number of anilines is 2. The zero-order chi connectivity index (χ0) is 23.8. The second-order valence-electron chi connectivity index (χ2n) is 8.31. The molecule has 3 heterocycles. The quantitative estimate of drug-likeness (QED) is 0.359. The first-order valence-electron chi connectivity index (χ1n) is 11.1. The molecule has 1 fully saturated rings. The monoisotopic (exact) mass is 485 g/mol. The average Bonchev–Trinajstić information content (AvgIpc) is 3.41. The molecule has 1 saturated heterocycles. The Morgan fingerprint density at radius 3 is 2.91 bits per heavy atom. The van der Waals surface area contributed by atoms with Crippen molar-refractivity contribution in [3.8, 4) is 17.1 Å². The van der Waals surface area contributed by atoms with E-state index in [9.17, 15) is 0 Å². The molecule has 5 N–H and O–H groups in total. The molecule has 11 heteroatoms. The molecule has 0 saturated carbocycles. The van der Waals surface area contributed by atoms with Gasteiger partial charge in [0.25, 0.3) is 6.01 Å². The maximum Gasteiger partial charge on any atom is 0.319 e. The van der Waals surface area contributed by atoms with E-state index < -0.39 is 5.82 Å². The van der Waals surface area contributed by atoms with E-state index >= 15 is 4.39 Å². The van der Waals surface area contributed by atoms with Gasteiger partial charge in [-0.15, -0.1) is 0 Å². The molecule has 178 valence electrons. The number of ether oxygens (including phenoxy) is 1. The zero-order valence-corrected chi connectivity index (χ0v) is 19.4. The number of nitrogens with two attached hydrogens (primary N) is 2. The summed E-state index contributed by atoms with van der Waals surface area (Å²) >= 11 is 6.58. The standard InChI is InChI=1S/C23H25ClFN7O2/c1-32-9-3-4-12(32)11-33-23-30-20-14(21(31-23)28-8-7-26)10-15(24)17(18(20)25)13-5-2-6-16-19(13)29-22(27)34-16/h2,5-6,10,12H,3-4,7-9,11,26H2,1H3,(H2,27,29)(H,28,30,31)/t12-/m0/s1. The Balaban J connectivity index is 1.63. The van der Waals surface area contributed by atoms with Crippen LogP contribution in [-0.2, 0) is 0 Å². The van der Waals surface area contributed by atoms with Gasteiger partial charge < -0.3 is 30.8 Å². The highest BCUT2D eigenvalue weighted by atomic mass is 35.5. The van der Waals surface area contributed by atoms with E-state index in [0.29, 0.717) is 47.6 Å². The Morgan fingerprint density at radius 2 is 2.15 bits per heavy atom. The van der Waals surface area contributed by atoms with Gasteiger partial charge in [-0.2, -0.15) is 15.0 Å². The lowest BCUT2D eigenvalue weighted by Gasteiger charge is -2.19. The highest BCUT2D eigenvalue weighted by Crippen LogP contribution is 2.40. The fraction of sp³-hybridized carbons (Fsp3) is 0.348. The molecule has 0 spiro atoms. The number of likely N-dealkylation sites (tertiary alicyclic amines) is 1. The normalized spacial score (nSPS) is 16.5. The molecule has 0 unspecified atom stereocenters. The Morgan fingerprint density at radius 1 is 1.29 bits per heavy atom. The van der Waals surface area contributed by atoms with Gasteiger partial charge in [-0.05, 0) is 38.6 Å². The highest BCUT2D eigenvalue weighted by molar-refractivity contribution is 6.34. The van der Waals surface area contributed by atoms with Crippen LogP contribution >= 0.6 is 11.6 Å². The third-order valence-electron chi connectivity index (χ3n) is 6.08. The molecule has 34 heavy (non-hydrogen) atoms. The van der Waals surface area contributed by atoms with Crippen LogP contribution in [0, 0.1) is 5.82 Å². The van der Waals surface area contributed by atoms with Crippen molar-refractivity contribution >= 4 is 45.4 Å². The Hall–Kier alpha value is -3.21. The molecule has 2 aromatic carbocycles. The number of likely N-dealkylation sites (N-methyl/N-ethyl adjacent to an activating group) is 1. The minimum Gasteiger partial charge on any atom is -0.462 e. The molecular weight excluding hydrogens is 461 g/mol. The summed E-state index contributed by atoms with van der Waals surface area (Å²) in [5.41, 5.74) is 12.9. The molecule has 4 aromatic rings. The van der Waals surface area contributed by atoms with Gasteiger partial charge in [0.1, 0.15) is 23.5 Å². The number of nitrogen functional groups attached to an aromatic ring is 1. The second kappa shape index (κ2) is 9.21. The summed E-state index contributed by atoms with van der Waals surface area (Å²) in [6.45, 7) is 2.25. The van der Waals surface area contributed by atoms with Crippen molar-refractivity contribution in [3.05, 3.63) is 35.1 Å². The van der Waals surface area contributed by atoms with Crippen LogP contribution in [0.25, 0.3) is 33.1 Å². The Bertz CT molecular complexity index is 1360. The first-order chi connectivity index (χ1) is 16.5. The van der Waals surface area contributed by atoms with Gasteiger partial charge in [0.15, 0.2) is 11.4 Å². The van der Waals surface area contributed by atoms with Crippen LogP contribution in [-0.4, -0.2) is 59.2 Å².